The second-order valence-electron chi connectivity index (χ2n) is 4.13. The van der Waals surface area contributed by atoms with Crippen LogP contribution in [0.4, 0.5) is 0 Å². The van der Waals surface area contributed by atoms with Gasteiger partial charge in [-0.05, 0) is 18.9 Å². The molecule has 4 heteroatoms. The molecule has 0 fully saturated rings. The predicted octanol–water partition coefficient (Wildman–Crippen LogP) is 3.29. The van der Waals surface area contributed by atoms with Gasteiger partial charge in [-0.3, -0.25) is 4.57 Å². The molecule has 1 aliphatic heterocycles. The van der Waals surface area contributed by atoms with Gasteiger partial charge >= 0.3 is 0 Å². The van der Waals surface area contributed by atoms with E-state index in [1.54, 1.807) is 5.82 Å². The Kier molecular flexibility index (Phi) is 4.03. The minimum absolute atomic E-state index is 0.508. The normalized spacial score (nSPS) is 23.2. The largest absolute Gasteiger partial charge is 0.367 e. The third kappa shape index (κ3) is 3.45. The van der Waals surface area contributed by atoms with Gasteiger partial charge in [0.05, 0.1) is 12.9 Å². The Balaban J connectivity index is 1.83. The lowest BCUT2D eigenvalue weighted by Gasteiger charge is -2.17. The topological polar surface area (TPSA) is 29.5 Å². The van der Waals surface area contributed by atoms with Crippen LogP contribution in [0.3, 0.4) is 0 Å². The molecule has 1 heterocycles. The smallest absolute Gasteiger partial charge is 0.245 e. The van der Waals surface area contributed by atoms with Gasteiger partial charge in [0, 0.05) is 18.6 Å². The third-order valence-corrected chi connectivity index (χ3v) is 4.80. The van der Waals surface area contributed by atoms with Gasteiger partial charge in [-0.15, -0.1) is 0 Å². The van der Waals surface area contributed by atoms with Crippen molar-refractivity contribution in [3.05, 3.63) is 47.9 Å². The maximum Gasteiger partial charge on any atom is 0.245 e. The van der Waals surface area contributed by atoms with Crippen LogP contribution in [0.15, 0.2) is 42.3 Å². The molecule has 0 saturated carbocycles. The van der Waals surface area contributed by atoms with Crippen molar-refractivity contribution in [2.24, 2.45) is 0 Å². The maximum absolute atomic E-state index is 12.1. The molecule has 0 N–H and O–H groups in total. The van der Waals surface area contributed by atoms with Crippen LogP contribution in [0, 0.1) is 0 Å². The average molecular weight is 251 g/mol. The Morgan fingerprint density at radius 2 is 2.12 bits per heavy atom. The van der Waals surface area contributed by atoms with Crippen LogP contribution < -0.4 is 0 Å². The lowest BCUT2D eigenvalue weighted by molar-refractivity contribution is 0.327. The van der Waals surface area contributed by atoms with Crippen LogP contribution >= 0.6 is 7.37 Å². The molecule has 0 aliphatic carbocycles. The summed E-state index contributed by atoms with van der Waals surface area (Å²) >= 11 is 0. The highest BCUT2D eigenvalue weighted by Crippen LogP contribution is 2.52. The van der Waals surface area contributed by atoms with Crippen molar-refractivity contribution >= 4 is 7.37 Å². The second kappa shape index (κ2) is 5.52. The molecule has 1 aromatic carbocycles. The Morgan fingerprint density at radius 1 is 1.35 bits per heavy atom. The predicted molar refractivity (Wildman–Crippen MR) is 70.1 cm³/mol. The Labute approximate surface area is 103 Å². The fourth-order valence-electron chi connectivity index (χ4n) is 1.91. The summed E-state index contributed by atoms with van der Waals surface area (Å²) in [5.74, 6) is 1.72. The summed E-state index contributed by atoms with van der Waals surface area (Å²) in [6.07, 6.45) is 3.39. The second-order valence-corrected chi connectivity index (χ2v) is 6.42. The van der Waals surface area contributed by atoms with Gasteiger partial charge in [-0.25, -0.2) is 0 Å². The van der Waals surface area contributed by atoms with Gasteiger partial charge < -0.3 is 9.42 Å². The molecule has 1 atom stereocenters. The number of nitrogens with zero attached hydrogens (tertiary/aromatic N) is 1. The van der Waals surface area contributed by atoms with E-state index in [1.807, 2.05) is 31.3 Å². The third-order valence-electron chi connectivity index (χ3n) is 2.76. The summed E-state index contributed by atoms with van der Waals surface area (Å²) in [4.78, 5) is 2.07. The summed E-state index contributed by atoms with van der Waals surface area (Å²) < 4.78 is 17.4. The molecule has 1 unspecified atom stereocenters. The van der Waals surface area contributed by atoms with E-state index in [9.17, 15) is 4.57 Å². The lowest BCUT2D eigenvalue weighted by atomic mass is 10.1. The molecular weight excluding hydrogens is 233 g/mol. The minimum atomic E-state index is -2.50. The molecule has 1 aromatic rings. The Morgan fingerprint density at radius 3 is 2.82 bits per heavy atom. The highest BCUT2D eigenvalue weighted by Gasteiger charge is 2.26. The average Bonchev–Trinajstić information content (AvgIpc) is 2.70. The molecule has 17 heavy (non-hydrogen) atoms. The van der Waals surface area contributed by atoms with E-state index < -0.39 is 7.37 Å². The summed E-state index contributed by atoms with van der Waals surface area (Å²) in [6, 6.07) is 10.3. The van der Waals surface area contributed by atoms with E-state index in [1.165, 1.54) is 5.56 Å². The quantitative estimate of drug-likeness (QED) is 0.752. The number of hydrogen-bond acceptors (Lipinski definition) is 3. The van der Waals surface area contributed by atoms with E-state index in [-0.39, 0.29) is 0 Å². The SMILES string of the molecule is CCOP1(=O)C=CN(CCc2ccccc2)C1. The zero-order valence-electron chi connectivity index (χ0n) is 10.1. The van der Waals surface area contributed by atoms with E-state index in [4.69, 9.17) is 4.52 Å². The molecule has 0 spiro atoms. The fraction of sp³-hybridized carbons (Fsp3) is 0.385. The first-order chi connectivity index (χ1) is 8.22. The van der Waals surface area contributed by atoms with Crippen LogP contribution in [-0.4, -0.2) is 24.3 Å². The highest BCUT2D eigenvalue weighted by atomic mass is 31.2. The van der Waals surface area contributed by atoms with E-state index in [2.05, 4.69) is 17.0 Å². The number of rotatable bonds is 5. The van der Waals surface area contributed by atoms with Crippen molar-refractivity contribution < 1.29 is 9.09 Å². The molecular formula is C13H18NO2P. The first kappa shape index (κ1) is 12.4. The van der Waals surface area contributed by atoms with Gasteiger partial charge in [0.25, 0.3) is 0 Å². The molecule has 0 aromatic heterocycles. The summed E-state index contributed by atoms with van der Waals surface area (Å²) in [6.45, 7) is 3.27. The van der Waals surface area contributed by atoms with Crippen LogP contribution in [0.25, 0.3) is 0 Å². The molecule has 2 rings (SSSR count). The van der Waals surface area contributed by atoms with Gasteiger partial charge in [-0.2, -0.15) is 0 Å². The van der Waals surface area contributed by atoms with E-state index in [0.29, 0.717) is 12.9 Å². The van der Waals surface area contributed by atoms with Crippen molar-refractivity contribution in [1.82, 2.24) is 4.90 Å². The van der Waals surface area contributed by atoms with Gasteiger partial charge in [0.1, 0.15) is 0 Å². The first-order valence-electron chi connectivity index (χ1n) is 5.92. The fourth-order valence-corrected chi connectivity index (χ4v) is 3.74. The number of benzene rings is 1. The van der Waals surface area contributed by atoms with Crippen LogP contribution in [0.5, 0.6) is 0 Å². The van der Waals surface area contributed by atoms with Crippen LogP contribution in [0.2, 0.25) is 0 Å². The van der Waals surface area contributed by atoms with Gasteiger partial charge in [0.2, 0.25) is 7.37 Å². The Bertz CT molecular complexity index is 430. The Hall–Kier alpha value is -1.05. The van der Waals surface area contributed by atoms with Crippen molar-refractivity contribution in [1.29, 1.82) is 0 Å². The summed E-state index contributed by atoms with van der Waals surface area (Å²) in [5.41, 5.74) is 1.30. The molecule has 0 bridgehead atoms. The molecule has 0 amide bonds. The standard InChI is InChI=1S/C13H18NO2P/c1-2-16-17(15)11-10-14(12-17)9-8-13-6-4-3-5-7-13/h3-7,10-11H,2,8-9,12H2,1H3. The summed E-state index contributed by atoms with van der Waals surface area (Å²) in [5, 5.41) is 0. The molecule has 0 radical (unpaired) electrons. The van der Waals surface area contributed by atoms with Crippen molar-refractivity contribution in [2.45, 2.75) is 13.3 Å². The van der Waals surface area contributed by atoms with Gasteiger partial charge in [-0.1, -0.05) is 30.3 Å². The molecule has 3 nitrogen and oxygen atoms in total. The van der Waals surface area contributed by atoms with E-state index >= 15 is 0 Å². The maximum atomic E-state index is 12.1. The van der Waals surface area contributed by atoms with Crippen molar-refractivity contribution in [3.8, 4) is 0 Å². The minimum Gasteiger partial charge on any atom is -0.367 e. The molecule has 0 saturated heterocycles. The van der Waals surface area contributed by atoms with Crippen LogP contribution in [0.1, 0.15) is 12.5 Å². The lowest BCUT2D eigenvalue weighted by Crippen LogP contribution is -2.18. The molecule has 92 valence electrons. The number of hydrogen-bond donors (Lipinski definition) is 0. The van der Waals surface area contributed by atoms with E-state index in [0.717, 1.165) is 13.0 Å². The van der Waals surface area contributed by atoms with Crippen molar-refractivity contribution in [2.75, 3.05) is 19.4 Å². The molecule has 1 aliphatic rings. The zero-order chi connectivity index (χ0) is 12.1. The van der Waals surface area contributed by atoms with Gasteiger partial charge in [0.15, 0.2) is 0 Å². The summed E-state index contributed by atoms with van der Waals surface area (Å²) in [7, 11) is -2.50. The first-order valence-corrected chi connectivity index (χ1v) is 7.80. The highest BCUT2D eigenvalue weighted by molar-refractivity contribution is 7.62. The monoisotopic (exact) mass is 251 g/mol. The zero-order valence-corrected chi connectivity index (χ0v) is 11.0. The van der Waals surface area contributed by atoms with Crippen molar-refractivity contribution in [3.63, 3.8) is 0 Å². The van der Waals surface area contributed by atoms with Crippen LogP contribution in [-0.2, 0) is 15.5 Å².